The van der Waals surface area contributed by atoms with Gasteiger partial charge in [0.25, 0.3) is 0 Å². The normalized spacial score (nSPS) is 30.9. The average molecular weight is 675 g/mol. The van der Waals surface area contributed by atoms with Crippen molar-refractivity contribution in [2.24, 2.45) is 53.3 Å². The minimum absolute atomic E-state index is 0.0397. The molecule has 0 aromatic carbocycles. The monoisotopic (exact) mass is 675 g/mol. The van der Waals surface area contributed by atoms with Crippen molar-refractivity contribution >= 4 is 11.9 Å². The fourth-order valence-corrected chi connectivity index (χ4v) is 9.54. The highest BCUT2D eigenvalue weighted by molar-refractivity contribution is 5.87. The molecular weight excluding hydrogens is 604 g/mol. The first kappa shape index (κ1) is 40.7. The Labute approximate surface area is 292 Å². The zero-order valence-corrected chi connectivity index (χ0v) is 31.0. The molecule has 7 heteroatoms. The average Bonchev–Trinajstić information content (AvgIpc) is 3.07. The number of aliphatic hydroxyl groups excluding tert-OH is 2. The van der Waals surface area contributed by atoms with E-state index in [0.29, 0.717) is 67.0 Å². The minimum Gasteiger partial charge on any atom is -0.462 e. The molecule has 0 aliphatic heterocycles. The highest BCUT2D eigenvalue weighted by atomic mass is 16.5. The van der Waals surface area contributed by atoms with Crippen LogP contribution in [0.5, 0.6) is 0 Å². The Morgan fingerprint density at radius 3 is 1.75 bits per heavy atom. The smallest absolute Gasteiger partial charge is 0.333 e. The summed E-state index contributed by atoms with van der Waals surface area (Å²) in [4.78, 5) is 24.1. The highest BCUT2D eigenvalue weighted by Crippen LogP contribution is 2.51. The largest absolute Gasteiger partial charge is 0.462 e. The van der Waals surface area contributed by atoms with Gasteiger partial charge in [0, 0.05) is 36.9 Å². The predicted molar refractivity (Wildman–Crippen MR) is 192 cm³/mol. The van der Waals surface area contributed by atoms with E-state index in [1.807, 2.05) is 0 Å². The molecular formula is C41H70O7. The summed E-state index contributed by atoms with van der Waals surface area (Å²) in [5.74, 6) is 4.59. The Morgan fingerprint density at radius 2 is 1.27 bits per heavy atom. The van der Waals surface area contributed by atoms with Crippen LogP contribution in [-0.4, -0.2) is 61.3 Å². The quantitative estimate of drug-likeness (QED) is 0.0759. The van der Waals surface area contributed by atoms with Gasteiger partial charge in [-0.1, -0.05) is 52.7 Å². The standard InChI is InChI=1S/C41H70O7/c1-7-10-31-13-15-33(16-14-31)34-17-18-38(30(6)23-34)37-24-35(11-8-20-47-40(44)28(2)3)39(46-22-19-32(26-42)27-43)36(25-37)12-9-21-48-41(45)29(4)5/h30-39,42-43H,2,4,7-27H2,1,3,5-6H3. The first-order valence-corrected chi connectivity index (χ1v) is 19.6. The van der Waals surface area contributed by atoms with Gasteiger partial charge in [0.05, 0.1) is 19.3 Å². The van der Waals surface area contributed by atoms with Crippen LogP contribution in [0.4, 0.5) is 0 Å². The van der Waals surface area contributed by atoms with Crippen LogP contribution >= 0.6 is 0 Å². The Hall–Kier alpha value is -1.70. The molecule has 7 nitrogen and oxygen atoms in total. The Kier molecular flexibility index (Phi) is 18.2. The van der Waals surface area contributed by atoms with E-state index in [-0.39, 0.29) is 37.2 Å². The number of carbonyl (C=O) groups excluding carboxylic acids is 2. The van der Waals surface area contributed by atoms with Crippen molar-refractivity contribution in [1.82, 2.24) is 0 Å². The number of aliphatic hydroxyl groups is 2. The second-order valence-electron chi connectivity index (χ2n) is 16.0. The number of carbonyl (C=O) groups is 2. The van der Waals surface area contributed by atoms with Crippen molar-refractivity contribution in [1.29, 1.82) is 0 Å². The van der Waals surface area contributed by atoms with Crippen LogP contribution in [0.2, 0.25) is 0 Å². The molecule has 3 saturated carbocycles. The Balaban J connectivity index is 1.71. The van der Waals surface area contributed by atoms with Crippen LogP contribution in [0.1, 0.15) is 130 Å². The number of esters is 2. The minimum atomic E-state index is -0.338. The number of rotatable bonds is 20. The number of hydrogen-bond donors (Lipinski definition) is 2. The Morgan fingerprint density at radius 1 is 0.729 bits per heavy atom. The van der Waals surface area contributed by atoms with Crippen LogP contribution < -0.4 is 0 Å². The number of hydrogen-bond acceptors (Lipinski definition) is 7. The van der Waals surface area contributed by atoms with Gasteiger partial charge >= 0.3 is 11.9 Å². The summed E-state index contributed by atoms with van der Waals surface area (Å²) in [5, 5.41) is 19.3. The predicted octanol–water partition coefficient (Wildman–Crippen LogP) is 8.46. The van der Waals surface area contributed by atoms with Crippen LogP contribution in [0, 0.1) is 53.3 Å². The third kappa shape index (κ3) is 12.9. The fourth-order valence-electron chi connectivity index (χ4n) is 9.54. The van der Waals surface area contributed by atoms with Gasteiger partial charge in [-0.3, -0.25) is 0 Å². The summed E-state index contributed by atoms with van der Waals surface area (Å²) in [6, 6.07) is 0. The van der Waals surface area contributed by atoms with Gasteiger partial charge in [-0.2, -0.15) is 0 Å². The maximum Gasteiger partial charge on any atom is 0.333 e. The van der Waals surface area contributed by atoms with Gasteiger partial charge in [0.1, 0.15) is 0 Å². The van der Waals surface area contributed by atoms with Crippen molar-refractivity contribution in [2.45, 2.75) is 137 Å². The lowest BCUT2D eigenvalue weighted by Crippen LogP contribution is -2.44. The third-order valence-corrected chi connectivity index (χ3v) is 12.2. The highest BCUT2D eigenvalue weighted by Gasteiger charge is 2.44. The molecule has 3 fully saturated rings. The lowest BCUT2D eigenvalue weighted by Gasteiger charge is -2.49. The molecule has 0 aromatic heterocycles. The lowest BCUT2D eigenvalue weighted by atomic mass is 9.59. The van der Waals surface area contributed by atoms with E-state index >= 15 is 0 Å². The van der Waals surface area contributed by atoms with Gasteiger partial charge in [-0.25, -0.2) is 9.59 Å². The molecule has 2 N–H and O–H groups in total. The molecule has 3 aliphatic rings. The van der Waals surface area contributed by atoms with E-state index in [0.717, 1.165) is 56.3 Å². The van der Waals surface area contributed by atoms with Crippen molar-refractivity contribution in [3.63, 3.8) is 0 Å². The molecule has 3 aliphatic carbocycles. The molecule has 5 atom stereocenters. The Bertz CT molecular complexity index is 937. The summed E-state index contributed by atoms with van der Waals surface area (Å²) >= 11 is 0. The molecule has 5 unspecified atom stereocenters. The molecule has 0 radical (unpaired) electrons. The zero-order chi connectivity index (χ0) is 35.1. The van der Waals surface area contributed by atoms with Crippen molar-refractivity contribution in [2.75, 3.05) is 33.0 Å². The van der Waals surface area contributed by atoms with Crippen molar-refractivity contribution in [3.8, 4) is 0 Å². The maximum absolute atomic E-state index is 12.1. The van der Waals surface area contributed by atoms with Gasteiger partial charge in [0.15, 0.2) is 0 Å². The van der Waals surface area contributed by atoms with E-state index in [1.165, 1.54) is 57.8 Å². The molecule has 276 valence electrons. The van der Waals surface area contributed by atoms with E-state index in [2.05, 4.69) is 27.0 Å². The second kappa shape index (κ2) is 21.5. The van der Waals surface area contributed by atoms with E-state index in [1.54, 1.807) is 13.8 Å². The first-order valence-electron chi connectivity index (χ1n) is 19.6. The summed E-state index contributed by atoms with van der Waals surface area (Å²) in [7, 11) is 0. The number of ether oxygens (including phenoxy) is 3. The maximum atomic E-state index is 12.1. The van der Waals surface area contributed by atoms with Gasteiger partial charge in [0.2, 0.25) is 0 Å². The van der Waals surface area contributed by atoms with Crippen LogP contribution in [0.3, 0.4) is 0 Å². The van der Waals surface area contributed by atoms with Crippen LogP contribution in [-0.2, 0) is 23.8 Å². The molecule has 0 heterocycles. The van der Waals surface area contributed by atoms with Crippen molar-refractivity contribution < 1.29 is 34.0 Å². The molecule has 0 saturated heterocycles. The van der Waals surface area contributed by atoms with E-state index < -0.39 is 0 Å². The molecule has 0 amide bonds. The van der Waals surface area contributed by atoms with Gasteiger partial charge in [-0.05, 0) is 138 Å². The van der Waals surface area contributed by atoms with Crippen LogP contribution in [0.25, 0.3) is 0 Å². The first-order chi connectivity index (χ1) is 23.1. The molecule has 0 spiro atoms. The van der Waals surface area contributed by atoms with E-state index in [4.69, 9.17) is 14.2 Å². The summed E-state index contributed by atoms with van der Waals surface area (Å²) in [6.07, 6.45) is 18.7. The summed E-state index contributed by atoms with van der Waals surface area (Å²) in [5.41, 5.74) is 0.838. The van der Waals surface area contributed by atoms with E-state index in [9.17, 15) is 19.8 Å². The third-order valence-electron chi connectivity index (χ3n) is 12.2. The lowest BCUT2D eigenvalue weighted by molar-refractivity contribution is -0.139. The zero-order valence-electron chi connectivity index (χ0n) is 31.0. The molecule has 3 rings (SSSR count). The van der Waals surface area contributed by atoms with Gasteiger partial charge in [-0.15, -0.1) is 0 Å². The topological polar surface area (TPSA) is 102 Å². The second-order valence-corrected chi connectivity index (χ2v) is 16.0. The summed E-state index contributed by atoms with van der Waals surface area (Å²) in [6.45, 7) is 16.8. The fraction of sp³-hybridized carbons (Fsp3) is 0.854. The SMILES string of the molecule is C=C(C)C(=O)OCCCC1CC(C2CCC(C3CCC(CCC)CC3)CC2C)CC(CCCOC(=O)C(=C)C)C1OCCC(CO)CO. The van der Waals surface area contributed by atoms with Gasteiger partial charge < -0.3 is 24.4 Å². The molecule has 48 heavy (non-hydrogen) atoms. The molecule has 0 bridgehead atoms. The summed E-state index contributed by atoms with van der Waals surface area (Å²) < 4.78 is 17.7. The van der Waals surface area contributed by atoms with Crippen molar-refractivity contribution in [3.05, 3.63) is 24.3 Å². The molecule has 0 aromatic rings. The van der Waals surface area contributed by atoms with Crippen LogP contribution in [0.15, 0.2) is 24.3 Å².